The molecule has 1 aromatic rings. The summed E-state index contributed by atoms with van der Waals surface area (Å²) in [5.74, 6) is -3.41. The fourth-order valence-electron chi connectivity index (χ4n) is 3.16. The average molecular weight is 405 g/mol. The van der Waals surface area contributed by atoms with Crippen molar-refractivity contribution >= 4 is 14.4 Å². The molecule has 5 nitrogen and oxygen atoms in total. The van der Waals surface area contributed by atoms with Crippen LogP contribution in [0.1, 0.15) is 19.4 Å². The lowest BCUT2D eigenvalue weighted by Gasteiger charge is -2.42. The third-order valence-corrected chi connectivity index (χ3v) is 4.98. The van der Waals surface area contributed by atoms with E-state index in [0.29, 0.717) is 0 Å². The molecule has 1 heterocycles. The van der Waals surface area contributed by atoms with Gasteiger partial charge in [-0.15, -0.1) is 0 Å². The molecule has 152 valence electrons. The topological polar surface area (TPSA) is 48.0 Å². The summed E-state index contributed by atoms with van der Waals surface area (Å²) in [6.45, 7) is 7.58. The van der Waals surface area contributed by atoms with Gasteiger partial charge in [-0.3, -0.25) is 4.90 Å². The number of alkyl halides is 3. The van der Waals surface area contributed by atoms with Crippen LogP contribution < -0.4 is 0 Å². The van der Waals surface area contributed by atoms with Gasteiger partial charge >= 0.3 is 12.3 Å². The number of amides is 1. The minimum atomic E-state index is -4.79. The van der Waals surface area contributed by atoms with Crippen molar-refractivity contribution in [2.45, 2.75) is 58.1 Å². The number of nitrogens with zero attached hydrogens (tertiary/aromatic N) is 1. The average Bonchev–Trinajstić information content (AvgIpc) is 2.92. The standard InChI is InChI=1S/C18H26F3NO4Si/c1-13(2)15-17(18(19,20)21,26-27(3,4)5)25-12-22(15)16(23)24-11-14-9-7-6-8-10-14/h6-10,13,15H,11-12H2,1-5H3. The number of benzene rings is 1. The molecule has 0 bridgehead atoms. The highest BCUT2D eigenvalue weighted by Gasteiger charge is 2.70. The second-order valence-corrected chi connectivity index (χ2v) is 12.3. The van der Waals surface area contributed by atoms with Crippen LogP contribution in [0, 0.1) is 5.92 Å². The van der Waals surface area contributed by atoms with Crippen molar-refractivity contribution in [1.29, 1.82) is 0 Å². The molecule has 27 heavy (non-hydrogen) atoms. The Kier molecular flexibility index (Phi) is 6.28. The van der Waals surface area contributed by atoms with Crippen LogP contribution in [0.3, 0.4) is 0 Å². The molecule has 0 aliphatic carbocycles. The zero-order chi connectivity index (χ0) is 20.5. The molecule has 0 radical (unpaired) electrons. The smallest absolute Gasteiger partial charge is 0.444 e. The molecule has 1 aliphatic heterocycles. The van der Waals surface area contributed by atoms with Crippen LogP contribution in [0.4, 0.5) is 18.0 Å². The van der Waals surface area contributed by atoms with Gasteiger partial charge in [0.25, 0.3) is 5.79 Å². The second kappa shape index (κ2) is 7.81. The summed E-state index contributed by atoms with van der Waals surface area (Å²) in [5.41, 5.74) is 0.743. The molecule has 2 unspecified atom stereocenters. The van der Waals surface area contributed by atoms with Crippen molar-refractivity contribution in [3.05, 3.63) is 35.9 Å². The van der Waals surface area contributed by atoms with Gasteiger partial charge in [-0.25, -0.2) is 4.79 Å². The summed E-state index contributed by atoms with van der Waals surface area (Å²) < 4.78 is 58.0. The number of hydrogen-bond acceptors (Lipinski definition) is 4. The first-order valence-electron chi connectivity index (χ1n) is 8.75. The van der Waals surface area contributed by atoms with Crippen LogP contribution in [0.5, 0.6) is 0 Å². The van der Waals surface area contributed by atoms with Crippen LogP contribution in [0.15, 0.2) is 30.3 Å². The van der Waals surface area contributed by atoms with E-state index < -0.39 is 45.1 Å². The molecule has 2 rings (SSSR count). The number of halogens is 3. The number of hydrogen-bond donors (Lipinski definition) is 0. The quantitative estimate of drug-likeness (QED) is 0.664. The van der Waals surface area contributed by atoms with Gasteiger partial charge < -0.3 is 13.9 Å². The van der Waals surface area contributed by atoms with E-state index >= 15 is 0 Å². The molecule has 2 atom stereocenters. The molecular weight excluding hydrogens is 379 g/mol. The maximum absolute atomic E-state index is 14.0. The minimum Gasteiger partial charge on any atom is -0.444 e. The number of carbonyl (C=O) groups is 1. The molecule has 0 saturated carbocycles. The van der Waals surface area contributed by atoms with E-state index in [1.54, 1.807) is 57.8 Å². The highest BCUT2D eigenvalue weighted by molar-refractivity contribution is 6.69. The van der Waals surface area contributed by atoms with E-state index in [4.69, 9.17) is 13.9 Å². The number of ether oxygens (including phenoxy) is 2. The van der Waals surface area contributed by atoms with Gasteiger partial charge in [0.05, 0.1) is 0 Å². The van der Waals surface area contributed by atoms with E-state index in [9.17, 15) is 18.0 Å². The van der Waals surface area contributed by atoms with Gasteiger partial charge in [0.2, 0.25) is 0 Å². The molecule has 0 N–H and O–H groups in total. The molecule has 1 amide bonds. The maximum Gasteiger partial charge on any atom is 0.444 e. The second-order valence-electron chi connectivity index (χ2n) is 7.85. The molecule has 1 aromatic carbocycles. The Morgan fingerprint density at radius 3 is 2.37 bits per heavy atom. The van der Waals surface area contributed by atoms with E-state index in [-0.39, 0.29) is 6.61 Å². The molecule has 1 fully saturated rings. The van der Waals surface area contributed by atoms with Gasteiger partial charge in [-0.1, -0.05) is 44.2 Å². The third kappa shape index (κ3) is 4.83. The normalized spacial score (nSPS) is 23.7. The first kappa shape index (κ1) is 21.7. The highest BCUT2D eigenvalue weighted by atomic mass is 28.4. The van der Waals surface area contributed by atoms with Crippen molar-refractivity contribution < 1.29 is 31.9 Å². The Balaban J connectivity index is 2.26. The van der Waals surface area contributed by atoms with Crippen LogP contribution in [0.25, 0.3) is 0 Å². The Bertz CT molecular complexity index is 648. The van der Waals surface area contributed by atoms with E-state index in [0.717, 1.165) is 10.5 Å². The first-order valence-corrected chi connectivity index (χ1v) is 12.2. The Labute approximate surface area is 158 Å². The van der Waals surface area contributed by atoms with Crippen LogP contribution in [0.2, 0.25) is 19.6 Å². The van der Waals surface area contributed by atoms with Crippen LogP contribution >= 0.6 is 0 Å². The summed E-state index contributed by atoms with van der Waals surface area (Å²) in [6, 6.07) is 7.59. The van der Waals surface area contributed by atoms with Gasteiger partial charge in [0.15, 0.2) is 8.32 Å². The van der Waals surface area contributed by atoms with Crippen molar-refractivity contribution in [1.82, 2.24) is 4.90 Å². The predicted molar refractivity (Wildman–Crippen MR) is 96.3 cm³/mol. The summed E-state index contributed by atoms with van der Waals surface area (Å²) >= 11 is 0. The lowest BCUT2D eigenvalue weighted by molar-refractivity contribution is -0.348. The minimum absolute atomic E-state index is 0.0329. The van der Waals surface area contributed by atoms with E-state index in [1.807, 2.05) is 6.07 Å². The van der Waals surface area contributed by atoms with Crippen molar-refractivity contribution in [2.75, 3.05) is 6.73 Å². The van der Waals surface area contributed by atoms with Crippen molar-refractivity contribution in [3.8, 4) is 0 Å². The van der Waals surface area contributed by atoms with Gasteiger partial charge in [-0.2, -0.15) is 13.2 Å². The summed E-state index contributed by atoms with van der Waals surface area (Å²) in [5, 5.41) is 0. The van der Waals surface area contributed by atoms with Crippen molar-refractivity contribution in [3.63, 3.8) is 0 Å². The van der Waals surface area contributed by atoms with E-state index in [2.05, 4.69) is 0 Å². The summed E-state index contributed by atoms with van der Waals surface area (Å²) in [4.78, 5) is 13.5. The predicted octanol–water partition coefficient (Wildman–Crippen LogP) is 4.75. The van der Waals surface area contributed by atoms with Crippen molar-refractivity contribution in [2.24, 2.45) is 5.92 Å². The lowest BCUT2D eigenvalue weighted by atomic mass is 9.94. The van der Waals surface area contributed by atoms with Crippen LogP contribution in [-0.4, -0.2) is 44.0 Å². The third-order valence-electron chi connectivity index (χ3n) is 4.07. The lowest BCUT2D eigenvalue weighted by Crippen LogP contribution is -2.63. The summed E-state index contributed by atoms with van der Waals surface area (Å²) in [7, 11) is -2.65. The van der Waals surface area contributed by atoms with Gasteiger partial charge in [0.1, 0.15) is 19.4 Å². The Morgan fingerprint density at radius 1 is 1.30 bits per heavy atom. The molecule has 1 aliphatic rings. The molecule has 0 spiro atoms. The molecule has 9 heteroatoms. The van der Waals surface area contributed by atoms with Gasteiger partial charge in [0, 0.05) is 0 Å². The maximum atomic E-state index is 14.0. The molecular formula is C18H26F3NO4Si. The first-order chi connectivity index (χ1) is 12.4. The molecule has 1 saturated heterocycles. The van der Waals surface area contributed by atoms with Gasteiger partial charge in [-0.05, 0) is 31.1 Å². The van der Waals surface area contributed by atoms with Crippen LogP contribution in [-0.2, 0) is 20.5 Å². The molecule has 0 aromatic heterocycles. The number of carbonyl (C=O) groups excluding carboxylic acids is 1. The highest BCUT2D eigenvalue weighted by Crippen LogP contribution is 2.47. The monoisotopic (exact) mass is 405 g/mol. The number of rotatable bonds is 5. The van der Waals surface area contributed by atoms with E-state index in [1.165, 1.54) is 0 Å². The SMILES string of the molecule is CC(C)C1N(C(=O)OCc2ccccc2)COC1(O[Si](C)(C)C)C(F)(F)F. The fraction of sp³-hybridized carbons (Fsp3) is 0.611. The Hall–Kier alpha value is -1.58. The largest absolute Gasteiger partial charge is 0.444 e. The zero-order valence-electron chi connectivity index (χ0n) is 16.2. The Morgan fingerprint density at radius 2 is 1.89 bits per heavy atom. The zero-order valence-corrected chi connectivity index (χ0v) is 17.2. The summed E-state index contributed by atoms with van der Waals surface area (Å²) in [6.07, 6.45) is -5.65. The fourth-order valence-corrected chi connectivity index (χ4v) is 4.36.